The lowest BCUT2D eigenvalue weighted by molar-refractivity contribution is -0.385. The maximum atomic E-state index is 13.9. The zero-order valence-corrected chi connectivity index (χ0v) is 13.1. The van der Waals surface area contributed by atoms with Crippen LogP contribution in [0.3, 0.4) is 0 Å². The minimum absolute atomic E-state index is 0.0275. The molecule has 1 aromatic heterocycles. The number of benzene rings is 1. The molecule has 0 saturated heterocycles. The van der Waals surface area contributed by atoms with Crippen LogP contribution in [0.1, 0.15) is 19.5 Å². The molecule has 0 aliphatic carbocycles. The van der Waals surface area contributed by atoms with Crippen molar-refractivity contribution in [2.24, 2.45) is 5.92 Å². The zero-order valence-electron chi connectivity index (χ0n) is 10.8. The number of pyridine rings is 1. The first-order valence-electron chi connectivity index (χ1n) is 5.93. The van der Waals surface area contributed by atoms with Crippen molar-refractivity contribution in [3.05, 3.63) is 43.3 Å². The molecule has 0 aliphatic rings. The Labute approximate surface area is 128 Å². The molecule has 4 nitrogen and oxygen atoms in total. The Morgan fingerprint density at radius 3 is 2.70 bits per heavy atom. The van der Waals surface area contributed by atoms with E-state index in [0.717, 1.165) is 0 Å². The first-order valence-corrected chi connectivity index (χ1v) is 7.10. The summed E-state index contributed by atoms with van der Waals surface area (Å²) in [6.07, 6.45) is 0.398. The predicted octanol–water partition coefficient (Wildman–Crippen LogP) is 4.90. The highest BCUT2D eigenvalue weighted by Crippen LogP contribution is 2.38. The molecule has 0 spiro atoms. The summed E-state index contributed by atoms with van der Waals surface area (Å²) in [5.41, 5.74) is 0.259. The third-order valence-corrected chi connectivity index (χ3v) is 3.82. The van der Waals surface area contributed by atoms with Gasteiger partial charge in [0, 0.05) is 4.47 Å². The Bertz CT molecular complexity index is 707. The van der Waals surface area contributed by atoms with Gasteiger partial charge in [0.2, 0.25) is 0 Å². The third kappa shape index (κ3) is 2.62. The highest BCUT2D eigenvalue weighted by molar-refractivity contribution is 9.10. The van der Waals surface area contributed by atoms with Crippen LogP contribution in [0.5, 0.6) is 0 Å². The van der Waals surface area contributed by atoms with Crippen molar-refractivity contribution in [2.75, 3.05) is 0 Å². The van der Waals surface area contributed by atoms with E-state index in [2.05, 4.69) is 20.9 Å². The smallest absolute Gasteiger partial charge is 0.258 e. The average molecular weight is 362 g/mol. The Kier molecular flexibility index (Phi) is 4.25. The minimum atomic E-state index is -0.625. The second-order valence-electron chi connectivity index (χ2n) is 4.83. The Balaban J connectivity index is 2.89. The van der Waals surface area contributed by atoms with Gasteiger partial charge in [-0.15, -0.1) is 0 Å². The van der Waals surface area contributed by atoms with Crippen LogP contribution in [0.25, 0.3) is 10.9 Å². The van der Waals surface area contributed by atoms with Crippen LogP contribution in [-0.2, 0) is 6.42 Å². The van der Waals surface area contributed by atoms with E-state index in [0.29, 0.717) is 16.4 Å². The standard InChI is InChI=1S/C13H11BrClFN2O2/c1-6(2)5-9-13(18(19)20)11(15)10-8(16)4-3-7(14)12(10)17-9/h3-4,6H,5H2,1-2H3. The molecule has 7 heteroatoms. The first kappa shape index (κ1) is 15.1. The van der Waals surface area contributed by atoms with Gasteiger partial charge in [-0.3, -0.25) is 10.1 Å². The van der Waals surface area contributed by atoms with Crippen molar-refractivity contribution in [3.63, 3.8) is 0 Å². The summed E-state index contributed by atoms with van der Waals surface area (Å²) in [6.45, 7) is 3.84. The molecule has 1 aromatic carbocycles. The molecule has 0 bridgehead atoms. The van der Waals surface area contributed by atoms with E-state index in [1.54, 1.807) is 0 Å². The zero-order chi connectivity index (χ0) is 15.0. The molecule has 0 aliphatic heterocycles. The molecule has 0 fully saturated rings. The van der Waals surface area contributed by atoms with E-state index in [9.17, 15) is 14.5 Å². The highest BCUT2D eigenvalue weighted by atomic mass is 79.9. The number of nitro groups is 1. The van der Waals surface area contributed by atoms with E-state index in [1.165, 1.54) is 12.1 Å². The van der Waals surface area contributed by atoms with Crippen molar-refractivity contribution in [1.29, 1.82) is 0 Å². The molecular formula is C13H11BrClFN2O2. The number of fused-ring (bicyclic) bond motifs is 1. The van der Waals surface area contributed by atoms with Crippen LogP contribution in [-0.4, -0.2) is 9.91 Å². The molecule has 0 unspecified atom stereocenters. The second-order valence-corrected chi connectivity index (χ2v) is 6.06. The topological polar surface area (TPSA) is 56.0 Å². The molecule has 0 amide bonds. The highest BCUT2D eigenvalue weighted by Gasteiger charge is 2.26. The van der Waals surface area contributed by atoms with Gasteiger partial charge in [0.05, 0.1) is 15.8 Å². The molecule has 0 radical (unpaired) electrons. The molecule has 20 heavy (non-hydrogen) atoms. The lowest BCUT2D eigenvalue weighted by Crippen LogP contribution is -2.05. The van der Waals surface area contributed by atoms with Gasteiger partial charge in [-0.05, 0) is 40.4 Å². The molecule has 1 heterocycles. The molecule has 2 rings (SSSR count). The fourth-order valence-electron chi connectivity index (χ4n) is 2.01. The largest absolute Gasteiger partial charge is 0.309 e. The number of halogens is 3. The Hall–Kier alpha value is -1.27. The summed E-state index contributed by atoms with van der Waals surface area (Å²) in [5.74, 6) is -0.457. The molecule has 0 N–H and O–H groups in total. The van der Waals surface area contributed by atoms with Gasteiger partial charge in [-0.1, -0.05) is 25.4 Å². The van der Waals surface area contributed by atoms with Crippen LogP contribution < -0.4 is 0 Å². The van der Waals surface area contributed by atoms with Crippen molar-refractivity contribution in [2.45, 2.75) is 20.3 Å². The second kappa shape index (κ2) is 5.61. The predicted molar refractivity (Wildman–Crippen MR) is 79.6 cm³/mol. The van der Waals surface area contributed by atoms with E-state index in [-0.39, 0.29) is 27.7 Å². The average Bonchev–Trinajstić information content (AvgIpc) is 2.32. The summed E-state index contributed by atoms with van der Waals surface area (Å²) < 4.78 is 14.4. The molecular weight excluding hydrogens is 351 g/mol. The van der Waals surface area contributed by atoms with Gasteiger partial charge in [-0.25, -0.2) is 9.37 Å². The van der Waals surface area contributed by atoms with Gasteiger partial charge in [-0.2, -0.15) is 0 Å². The number of hydrogen-bond acceptors (Lipinski definition) is 3. The Morgan fingerprint density at radius 1 is 1.50 bits per heavy atom. The molecule has 0 atom stereocenters. The quantitative estimate of drug-likeness (QED) is 0.577. The van der Waals surface area contributed by atoms with Crippen molar-refractivity contribution in [3.8, 4) is 0 Å². The SMILES string of the molecule is CC(C)Cc1nc2c(Br)ccc(F)c2c(Cl)c1[N+](=O)[O-]. The van der Waals surface area contributed by atoms with E-state index in [4.69, 9.17) is 11.6 Å². The summed E-state index contributed by atoms with van der Waals surface area (Å²) in [7, 11) is 0. The van der Waals surface area contributed by atoms with E-state index >= 15 is 0 Å². The van der Waals surface area contributed by atoms with E-state index in [1.807, 2.05) is 13.8 Å². The summed E-state index contributed by atoms with van der Waals surface area (Å²) in [5, 5.41) is 11.0. The molecule has 0 saturated carbocycles. The fraction of sp³-hybridized carbons (Fsp3) is 0.308. The van der Waals surface area contributed by atoms with Crippen LogP contribution in [0.15, 0.2) is 16.6 Å². The summed E-state index contributed by atoms with van der Waals surface area (Å²) >= 11 is 9.33. The Morgan fingerprint density at radius 2 is 2.15 bits per heavy atom. The molecule has 106 valence electrons. The van der Waals surface area contributed by atoms with Crippen LogP contribution >= 0.6 is 27.5 Å². The van der Waals surface area contributed by atoms with Crippen LogP contribution in [0.2, 0.25) is 5.02 Å². The van der Waals surface area contributed by atoms with Crippen molar-refractivity contribution < 1.29 is 9.31 Å². The van der Waals surface area contributed by atoms with Crippen LogP contribution in [0, 0.1) is 21.8 Å². The summed E-state index contributed by atoms with van der Waals surface area (Å²) in [6, 6.07) is 2.71. The number of hydrogen-bond donors (Lipinski definition) is 0. The number of nitrogens with zero attached hydrogens (tertiary/aromatic N) is 2. The van der Waals surface area contributed by atoms with Gasteiger partial charge in [0.25, 0.3) is 0 Å². The number of aromatic nitrogens is 1. The van der Waals surface area contributed by atoms with Crippen LogP contribution in [0.4, 0.5) is 10.1 Å². The minimum Gasteiger partial charge on any atom is -0.258 e. The summed E-state index contributed by atoms with van der Waals surface area (Å²) in [4.78, 5) is 14.9. The molecule has 2 aromatic rings. The lowest BCUT2D eigenvalue weighted by Gasteiger charge is -2.10. The maximum absolute atomic E-state index is 13.9. The van der Waals surface area contributed by atoms with Crippen molar-refractivity contribution in [1.82, 2.24) is 4.98 Å². The maximum Gasteiger partial charge on any atom is 0.309 e. The van der Waals surface area contributed by atoms with Gasteiger partial charge < -0.3 is 0 Å². The van der Waals surface area contributed by atoms with Crippen molar-refractivity contribution >= 4 is 44.1 Å². The van der Waals surface area contributed by atoms with Gasteiger partial charge >= 0.3 is 5.69 Å². The van der Waals surface area contributed by atoms with Gasteiger partial charge in [0.1, 0.15) is 16.5 Å². The first-order chi connectivity index (χ1) is 9.32. The van der Waals surface area contributed by atoms with Gasteiger partial charge in [0.15, 0.2) is 0 Å². The normalized spacial score (nSPS) is 11.3. The number of rotatable bonds is 3. The third-order valence-electron chi connectivity index (χ3n) is 2.81. The fourth-order valence-corrected chi connectivity index (χ4v) is 2.78. The monoisotopic (exact) mass is 360 g/mol. The van der Waals surface area contributed by atoms with E-state index < -0.39 is 10.7 Å². The lowest BCUT2D eigenvalue weighted by atomic mass is 10.0.